The quantitative estimate of drug-likeness (QED) is 0.380. The van der Waals surface area contributed by atoms with Crippen LogP contribution in [0.3, 0.4) is 0 Å². The first-order valence-electron chi connectivity index (χ1n) is 9.82. The van der Waals surface area contributed by atoms with Crippen molar-refractivity contribution in [3.05, 3.63) is 48.6 Å². The summed E-state index contributed by atoms with van der Waals surface area (Å²) in [5.74, 6) is -1.78. The van der Waals surface area contributed by atoms with E-state index in [1.165, 1.54) is 16.7 Å². The molecule has 1 aromatic carbocycles. The summed E-state index contributed by atoms with van der Waals surface area (Å²) in [7, 11) is 0. The maximum absolute atomic E-state index is 13.2. The number of fused-ring (bicyclic) bond motifs is 1. The van der Waals surface area contributed by atoms with E-state index in [1.54, 1.807) is 43.4 Å². The van der Waals surface area contributed by atoms with Gasteiger partial charge in [0.25, 0.3) is 5.91 Å². The van der Waals surface area contributed by atoms with E-state index in [-0.39, 0.29) is 25.5 Å². The minimum Gasteiger partial charge on any atom is -0.441 e. The second-order valence-corrected chi connectivity index (χ2v) is 7.43. The van der Waals surface area contributed by atoms with E-state index in [0.29, 0.717) is 23.4 Å². The van der Waals surface area contributed by atoms with E-state index in [2.05, 4.69) is 6.58 Å². The Bertz CT molecular complexity index is 911. The predicted octanol–water partition coefficient (Wildman–Crippen LogP) is 1.61. The Morgan fingerprint density at radius 1 is 1.43 bits per heavy atom. The zero-order chi connectivity index (χ0) is 22.1. The molecule has 2 N–H and O–H groups in total. The SMILES string of the molecule is C=CCN1C(=O)[C@@](O)([C@@H](C)/C=C/CCO)c2cc(N3C(=O)CC3OC(C)=O)ccc21. The molecule has 0 radical (unpaired) electrons. The van der Waals surface area contributed by atoms with Gasteiger partial charge in [0.15, 0.2) is 11.8 Å². The number of hydrogen-bond acceptors (Lipinski definition) is 6. The molecule has 1 unspecified atom stereocenters. The van der Waals surface area contributed by atoms with Crippen LogP contribution >= 0.6 is 0 Å². The molecule has 3 atom stereocenters. The van der Waals surface area contributed by atoms with Gasteiger partial charge in [-0.1, -0.05) is 25.2 Å². The number of aliphatic hydroxyl groups is 2. The van der Waals surface area contributed by atoms with Gasteiger partial charge in [0.05, 0.1) is 12.1 Å². The van der Waals surface area contributed by atoms with E-state index in [1.807, 2.05) is 0 Å². The number of hydrogen-bond donors (Lipinski definition) is 2. The molecule has 2 aliphatic heterocycles. The van der Waals surface area contributed by atoms with Gasteiger partial charge in [0, 0.05) is 37.2 Å². The maximum Gasteiger partial charge on any atom is 0.304 e. The van der Waals surface area contributed by atoms with Crippen molar-refractivity contribution in [1.82, 2.24) is 0 Å². The number of nitrogens with zero attached hydrogens (tertiary/aromatic N) is 2. The third-order valence-electron chi connectivity index (χ3n) is 5.43. The van der Waals surface area contributed by atoms with Gasteiger partial charge < -0.3 is 19.8 Å². The van der Waals surface area contributed by atoms with Crippen LogP contribution in [-0.2, 0) is 24.7 Å². The van der Waals surface area contributed by atoms with E-state index < -0.39 is 29.6 Å². The van der Waals surface area contributed by atoms with E-state index in [0.717, 1.165) is 0 Å². The number of β-lactam (4-membered cyclic amide) rings is 1. The average molecular weight is 414 g/mol. The van der Waals surface area contributed by atoms with Gasteiger partial charge in [-0.15, -0.1) is 6.58 Å². The highest BCUT2D eigenvalue weighted by molar-refractivity contribution is 6.08. The van der Waals surface area contributed by atoms with Gasteiger partial charge in [-0.2, -0.15) is 0 Å². The van der Waals surface area contributed by atoms with Gasteiger partial charge in [0.1, 0.15) is 0 Å². The number of aliphatic hydroxyl groups excluding tert-OH is 1. The van der Waals surface area contributed by atoms with Crippen LogP contribution in [0.1, 0.15) is 32.3 Å². The second kappa shape index (κ2) is 8.41. The molecule has 8 heteroatoms. The molecule has 160 valence electrons. The zero-order valence-corrected chi connectivity index (χ0v) is 17.1. The molecule has 30 heavy (non-hydrogen) atoms. The first-order chi connectivity index (χ1) is 14.2. The topological polar surface area (TPSA) is 107 Å². The average Bonchev–Trinajstić information content (AvgIpc) is 2.90. The molecular formula is C22H26N2O6. The van der Waals surface area contributed by atoms with Gasteiger partial charge in [-0.3, -0.25) is 19.3 Å². The molecule has 0 saturated carbocycles. The van der Waals surface area contributed by atoms with Crippen LogP contribution in [0.4, 0.5) is 11.4 Å². The highest BCUT2D eigenvalue weighted by atomic mass is 16.6. The number of benzene rings is 1. The number of esters is 1. The third-order valence-corrected chi connectivity index (χ3v) is 5.43. The van der Waals surface area contributed by atoms with Crippen molar-refractivity contribution in [2.45, 2.75) is 38.5 Å². The standard InChI is InChI=1S/C22H26N2O6/c1-4-10-23-18-9-8-16(24-19(27)13-20(24)30-15(3)26)12-17(18)22(29,21(23)28)14(2)7-5-6-11-25/h4-5,7-9,12,14,20,25,29H,1,6,10-11,13H2,2-3H3/b7-5+/t14-,20?,22+/m0/s1. The molecule has 1 saturated heterocycles. The maximum atomic E-state index is 13.2. The van der Waals surface area contributed by atoms with Gasteiger partial charge in [-0.05, 0) is 24.6 Å². The van der Waals surface area contributed by atoms with E-state index >= 15 is 0 Å². The monoisotopic (exact) mass is 414 g/mol. The summed E-state index contributed by atoms with van der Waals surface area (Å²) < 4.78 is 5.17. The van der Waals surface area contributed by atoms with Crippen molar-refractivity contribution >= 4 is 29.2 Å². The molecular weight excluding hydrogens is 388 g/mol. The fourth-order valence-electron chi connectivity index (χ4n) is 3.89. The van der Waals surface area contributed by atoms with Crippen LogP contribution in [0.15, 0.2) is 43.0 Å². The Labute approximate surface area is 175 Å². The van der Waals surface area contributed by atoms with Crippen LogP contribution in [-0.4, -0.2) is 47.4 Å². The number of rotatable bonds is 8. The Kier molecular flexibility index (Phi) is 6.09. The Morgan fingerprint density at radius 3 is 2.77 bits per heavy atom. The Morgan fingerprint density at radius 2 is 2.17 bits per heavy atom. The smallest absolute Gasteiger partial charge is 0.304 e. The number of anilines is 2. The van der Waals surface area contributed by atoms with E-state index in [4.69, 9.17) is 9.84 Å². The number of amides is 2. The molecule has 0 bridgehead atoms. The minimum atomic E-state index is -1.84. The van der Waals surface area contributed by atoms with Gasteiger partial charge in [-0.25, -0.2) is 0 Å². The Hall–Kier alpha value is -2.97. The van der Waals surface area contributed by atoms with Crippen LogP contribution in [0.5, 0.6) is 0 Å². The van der Waals surface area contributed by atoms with Gasteiger partial charge in [0.2, 0.25) is 5.91 Å². The number of ether oxygens (including phenoxy) is 1. The summed E-state index contributed by atoms with van der Waals surface area (Å²) in [6.45, 7) is 6.86. The first kappa shape index (κ1) is 21.7. The molecule has 2 heterocycles. The molecule has 1 aromatic rings. The summed E-state index contributed by atoms with van der Waals surface area (Å²) in [6, 6.07) is 4.93. The normalized spacial score (nSPS) is 24.1. The highest BCUT2D eigenvalue weighted by Crippen LogP contribution is 2.47. The minimum absolute atomic E-state index is 0.0342. The number of carbonyl (C=O) groups is 3. The lowest BCUT2D eigenvalue weighted by Gasteiger charge is -2.39. The van der Waals surface area contributed by atoms with E-state index in [9.17, 15) is 19.5 Å². The Balaban J connectivity index is 2.04. The fraction of sp³-hybridized carbons (Fsp3) is 0.409. The third kappa shape index (κ3) is 3.53. The summed E-state index contributed by atoms with van der Waals surface area (Å²) in [4.78, 5) is 39.5. The van der Waals surface area contributed by atoms with Crippen LogP contribution in [0.2, 0.25) is 0 Å². The zero-order valence-electron chi connectivity index (χ0n) is 17.1. The first-order valence-corrected chi connectivity index (χ1v) is 9.82. The molecule has 2 aliphatic rings. The molecule has 2 amide bonds. The highest BCUT2D eigenvalue weighted by Gasteiger charge is 2.53. The van der Waals surface area contributed by atoms with Crippen molar-refractivity contribution < 1.29 is 29.3 Å². The molecule has 0 aromatic heterocycles. The fourth-order valence-corrected chi connectivity index (χ4v) is 3.89. The van der Waals surface area contributed by atoms with Crippen LogP contribution in [0, 0.1) is 5.92 Å². The predicted molar refractivity (Wildman–Crippen MR) is 111 cm³/mol. The lowest BCUT2D eigenvalue weighted by molar-refractivity contribution is -0.153. The molecule has 3 rings (SSSR count). The molecule has 0 spiro atoms. The molecule has 8 nitrogen and oxygen atoms in total. The van der Waals surface area contributed by atoms with Crippen molar-refractivity contribution in [2.75, 3.05) is 23.0 Å². The van der Waals surface area contributed by atoms with Crippen LogP contribution in [0.25, 0.3) is 0 Å². The lowest BCUT2D eigenvalue weighted by atomic mass is 9.82. The van der Waals surface area contributed by atoms with Crippen molar-refractivity contribution in [2.24, 2.45) is 5.92 Å². The summed E-state index contributed by atoms with van der Waals surface area (Å²) in [6.07, 6.45) is 4.77. The largest absolute Gasteiger partial charge is 0.441 e. The van der Waals surface area contributed by atoms with Crippen molar-refractivity contribution in [1.29, 1.82) is 0 Å². The van der Waals surface area contributed by atoms with Gasteiger partial charge >= 0.3 is 5.97 Å². The summed E-state index contributed by atoms with van der Waals surface area (Å²) >= 11 is 0. The van der Waals surface area contributed by atoms with Crippen LogP contribution < -0.4 is 9.80 Å². The lowest BCUT2D eigenvalue weighted by Crippen LogP contribution is -2.55. The van der Waals surface area contributed by atoms with Crippen molar-refractivity contribution in [3.8, 4) is 0 Å². The second-order valence-electron chi connectivity index (χ2n) is 7.43. The van der Waals surface area contributed by atoms with Crippen molar-refractivity contribution in [3.63, 3.8) is 0 Å². The summed E-state index contributed by atoms with van der Waals surface area (Å²) in [5, 5.41) is 20.5. The molecule has 1 fully saturated rings. The molecule has 0 aliphatic carbocycles. The number of carbonyl (C=O) groups excluding carboxylic acids is 3. The summed E-state index contributed by atoms with van der Waals surface area (Å²) in [5.41, 5.74) is -0.500.